The molecule has 21 heavy (non-hydrogen) atoms. The highest BCUT2D eigenvalue weighted by atomic mass is 127. The second-order valence-electron chi connectivity index (χ2n) is 4.19. The number of rotatable bonds is 2. The van der Waals surface area contributed by atoms with Crippen LogP contribution in [-0.2, 0) is 0 Å². The number of carbonyl (C=O) groups is 2. The van der Waals surface area contributed by atoms with E-state index in [1.54, 1.807) is 18.2 Å². The Morgan fingerprint density at radius 3 is 1.81 bits per heavy atom. The van der Waals surface area contributed by atoms with E-state index in [2.05, 4.69) is 45.2 Å². The number of amides is 2. The van der Waals surface area contributed by atoms with E-state index in [9.17, 15) is 9.59 Å². The average molecular weight is 508 g/mol. The molecule has 0 aliphatic rings. The van der Waals surface area contributed by atoms with Gasteiger partial charge in [0, 0.05) is 7.14 Å². The Balaban J connectivity index is 0.000000211. The summed E-state index contributed by atoms with van der Waals surface area (Å²) in [6.07, 6.45) is 0. The molecule has 0 aromatic heterocycles. The largest absolute Gasteiger partial charge is 0.366 e. The first-order chi connectivity index (χ1) is 9.82. The average Bonchev–Trinajstić information content (AvgIpc) is 2.42. The van der Waals surface area contributed by atoms with Crippen LogP contribution in [0.25, 0.3) is 0 Å². The lowest BCUT2D eigenvalue weighted by atomic mass is 10.1. The summed E-state index contributed by atoms with van der Waals surface area (Å²) in [5.74, 6) is -0.733. The fourth-order valence-corrected chi connectivity index (χ4v) is 2.74. The van der Waals surface area contributed by atoms with E-state index in [0.717, 1.165) is 12.7 Å². The third-order valence-electron chi connectivity index (χ3n) is 2.53. The lowest BCUT2D eigenvalue weighted by Crippen LogP contribution is -2.12. The van der Waals surface area contributed by atoms with E-state index in [1.807, 2.05) is 31.2 Å². The van der Waals surface area contributed by atoms with Gasteiger partial charge in [-0.05, 0) is 76.4 Å². The fraction of sp³-hybridized carbons (Fsp3) is 0.0667. The predicted octanol–water partition coefficient (Wildman–Crippen LogP) is 3.09. The molecule has 4 nitrogen and oxygen atoms in total. The molecule has 0 heterocycles. The first-order valence-electron chi connectivity index (χ1n) is 5.93. The smallest absolute Gasteiger partial charge is 0.249 e. The van der Waals surface area contributed by atoms with Crippen LogP contribution in [0.3, 0.4) is 0 Å². The van der Waals surface area contributed by atoms with Gasteiger partial charge in [-0.2, -0.15) is 0 Å². The van der Waals surface area contributed by atoms with Gasteiger partial charge in [-0.3, -0.25) is 9.59 Å². The maximum absolute atomic E-state index is 10.8. The van der Waals surface area contributed by atoms with Gasteiger partial charge in [0.25, 0.3) is 0 Å². The van der Waals surface area contributed by atoms with Crippen LogP contribution < -0.4 is 11.5 Å². The zero-order valence-corrected chi connectivity index (χ0v) is 15.6. The zero-order valence-electron chi connectivity index (χ0n) is 11.3. The first-order valence-corrected chi connectivity index (χ1v) is 8.09. The summed E-state index contributed by atoms with van der Waals surface area (Å²) in [4.78, 5) is 21.4. The summed E-state index contributed by atoms with van der Waals surface area (Å²) in [6.45, 7) is 1.93. The molecule has 2 aromatic carbocycles. The molecule has 110 valence electrons. The van der Waals surface area contributed by atoms with Gasteiger partial charge in [0.1, 0.15) is 0 Å². The molecule has 6 heteroatoms. The van der Waals surface area contributed by atoms with Gasteiger partial charge in [0.15, 0.2) is 0 Å². The van der Waals surface area contributed by atoms with Gasteiger partial charge in [0.05, 0.1) is 11.1 Å². The van der Waals surface area contributed by atoms with E-state index in [1.165, 1.54) is 0 Å². The molecule has 0 atom stereocenters. The first kappa shape index (κ1) is 17.9. The van der Waals surface area contributed by atoms with Crippen molar-refractivity contribution >= 4 is 57.0 Å². The number of nitrogens with two attached hydrogens (primary N) is 2. The normalized spacial score (nSPS) is 9.48. The summed E-state index contributed by atoms with van der Waals surface area (Å²) in [6, 6.07) is 12.9. The second-order valence-corrected chi connectivity index (χ2v) is 6.52. The van der Waals surface area contributed by atoms with Crippen molar-refractivity contribution in [2.45, 2.75) is 6.92 Å². The lowest BCUT2D eigenvalue weighted by molar-refractivity contribution is 0.0991. The van der Waals surface area contributed by atoms with E-state index in [4.69, 9.17) is 11.5 Å². The van der Waals surface area contributed by atoms with Crippen molar-refractivity contribution in [2.24, 2.45) is 11.5 Å². The molecule has 0 saturated heterocycles. The summed E-state index contributed by atoms with van der Waals surface area (Å²) >= 11 is 4.17. The van der Waals surface area contributed by atoms with Crippen molar-refractivity contribution in [1.29, 1.82) is 0 Å². The van der Waals surface area contributed by atoms with Gasteiger partial charge in [-0.1, -0.05) is 23.8 Å². The number of carbonyl (C=O) groups excluding carboxylic acids is 2. The molecule has 2 amide bonds. The molecule has 4 N–H and O–H groups in total. The quantitative estimate of drug-likeness (QED) is 0.612. The minimum absolute atomic E-state index is 0.363. The maximum Gasteiger partial charge on any atom is 0.249 e. The molecule has 0 aliphatic heterocycles. The van der Waals surface area contributed by atoms with Crippen LogP contribution in [0.15, 0.2) is 42.5 Å². The highest BCUT2D eigenvalue weighted by molar-refractivity contribution is 14.1. The van der Waals surface area contributed by atoms with E-state index in [-0.39, 0.29) is 11.8 Å². The Bertz CT molecular complexity index is 672. The van der Waals surface area contributed by atoms with Crippen LogP contribution in [0.4, 0.5) is 0 Å². The molecule has 2 rings (SSSR count). The van der Waals surface area contributed by atoms with Crippen LogP contribution in [0.5, 0.6) is 0 Å². The van der Waals surface area contributed by atoms with Gasteiger partial charge in [-0.15, -0.1) is 0 Å². The van der Waals surface area contributed by atoms with E-state index < -0.39 is 0 Å². The number of aryl methyl sites for hydroxylation is 1. The Kier molecular flexibility index (Phi) is 7.09. The van der Waals surface area contributed by atoms with Gasteiger partial charge in [-0.25, -0.2) is 0 Å². The van der Waals surface area contributed by atoms with Crippen molar-refractivity contribution in [3.63, 3.8) is 0 Å². The molecule has 0 radical (unpaired) electrons. The molecular formula is C15H14I2N2O2. The SMILES string of the molecule is Cc1ccc(I)c(C(N)=O)c1.NC(=O)c1ccccc1I. The van der Waals surface area contributed by atoms with E-state index >= 15 is 0 Å². The molecule has 0 aliphatic carbocycles. The van der Waals surface area contributed by atoms with Crippen LogP contribution >= 0.6 is 45.2 Å². The third kappa shape index (κ3) is 5.62. The predicted molar refractivity (Wildman–Crippen MR) is 100 cm³/mol. The number of hydrogen-bond acceptors (Lipinski definition) is 2. The number of benzene rings is 2. The monoisotopic (exact) mass is 508 g/mol. The topological polar surface area (TPSA) is 86.2 Å². The molecular weight excluding hydrogens is 494 g/mol. The highest BCUT2D eigenvalue weighted by Crippen LogP contribution is 2.13. The minimum atomic E-state index is -0.370. The van der Waals surface area contributed by atoms with Gasteiger partial charge in [0.2, 0.25) is 11.8 Å². The summed E-state index contributed by atoms with van der Waals surface area (Å²) < 4.78 is 1.80. The Morgan fingerprint density at radius 1 is 0.857 bits per heavy atom. The molecule has 0 spiro atoms. The Labute approximate surface area is 150 Å². The van der Waals surface area contributed by atoms with E-state index in [0.29, 0.717) is 11.1 Å². The zero-order chi connectivity index (χ0) is 16.0. The van der Waals surface area contributed by atoms with Gasteiger partial charge < -0.3 is 11.5 Å². The highest BCUT2D eigenvalue weighted by Gasteiger charge is 2.04. The lowest BCUT2D eigenvalue weighted by Gasteiger charge is -1.99. The summed E-state index contributed by atoms with van der Waals surface area (Å²) in [5, 5.41) is 0. The van der Waals surface area contributed by atoms with Crippen molar-refractivity contribution < 1.29 is 9.59 Å². The standard InChI is InChI=1S/C8H8INO.C7H6INO/c1-5-2-3-7(9)6(4-5)8(10)11;8-6-4-2-1-3-5(6)7(9)10/h2-4H,1H3,(H2,10,11);1-4H,(H2,9,10). The summed E-state index contributed by atoms with van der Waals surface area (Å²) in [7, 11) is 0. The van der Waals surface area contributed by atoms with Crippen LogP contribution in [0.2, 0.25) is 0 Å². The molecule has 0 fully saturated rings. The number of hydrogen-bond donors (Lipinski definition) is 2. The minimum Gasteiger partial charge on any atom is -0.366 e. The Hall–Kier alpha value is -1.16. The second kappa shape index (κ2) is 8.32. The fourth-order valence-electron chi connectivity index (χ4n) is 1.49. The van der Waals surface area contributed by atoms with Crippen LogP contribution in [-0.4, -0.2) is 11.8 Å². The van der Waals surface area contributed by atoms with Crippen molar-refractivity contribution in [1.82, 2.24) is 0 Å². The van der Waals surface area contributed by atoms with Gasteiger partial charge >= 0.3 is 0 Å². The molecule has 0 unspecified atom stereocenters. The third-order valence-corrected chi connectivity index (χ3v) is 4.41. The number of primary amides is 2. The van der Waals surface area contributed by atoms with Crippen molar-refractivity contribution in [3.05, 3.63) is 66.3 Å². The molecule has 0 saturated carbocycles. The Morgan fingerprint density at radius 2 is 1.38 bits per heavy atom. The number of halogens is 2. The van der Waals surface area contributed by atoms with Crippen LogP contribution in [0.1, 0.15) is 26.3 Å². The molecule has 2 aromatic rings. The summed E-state index contributed by atoms with van der Waals surface area (Å²) in [5.41, 5.74) is 12.5. The maximum atomic E-state index is 10.8. The molecule has 0 bridgehead atoms. The van der Waals surface area contributed by atoms with Crippen molar-refractivity contribution in [2.75, 3.05) is 0 Å². The van der Waals surface area contributed by atoms with Crippen LogP contribution in [0, 0.1) is 14.1 Å². The van der Waals surface area contributed by atoms with Crippen molar-refractivity contribution in [3.8, 4) is 0 Å².